The van der Waals surface area contributed by atoms with Gasteiger partial charge in [-0.25, -0.2) is 0 Å². The second-order valence-corrected chi connectivity index (χ2v) is 4.45. The summed E-state index contributed by atoms with van der Waals surface area (Å²) in [6.45, 7) is 0. The zero-order valence-electron chi connectivity index (χ0n) is 8.92. The minimum atomic E-state index is -4.57. The number of rotatable bonds is 1. The lowest BCUT2D eigenvalue weighted by atomic mass is 9.95. The van der Waals surface area contributed by atoms with Crippen LogP contribution >= 0.6 is 11.6 Å². The van der Waals surface area contributed by atoms with E-state index in [1.165, 1.54) is 6.07 Å². The van der Waals surface area contributed by atoms with E-state index in [4.69, 9.17) is 22.0 Å². The Morgan fingerprint density at radius 3 is 2.56 bits per heavy atom. The highest BCUT2D eigenvalue weighted by atomic mass is 35.5. The van der Waals surface area contributed by atoms with Gasteiger partial charge in [0.1, 0.15) is 5.41 Å². The van der Waals surface area contributed by atoms with Gasteiger partial charge in [-0.1, -0.05) is 17.7 Å². The number of nitrogens with zero attached hydrogens (tertiary/aromatic N) is 1. The Hall–Kier alpha value is -1.67. The van der Waals surface area contributed by atoms with E-state index >= 15 is 0 Å². The Kier molecular flexibility index (Phi) is 2.78. The molecular formula is C12H7ClF3NO. The van der Waals surface area contributed by atoms with Gasteiger partial charge >= 0.3 is 6.18 Å². The summed E-state index contributed by atoms with van der Waals surface area (Å²) in [4.78, 5) is 0. The Labute approximate surface area is 106 Å². The highest BCUT2D eigenvalue weighted by Crippen LogP contribution is 2.54. The number of allylic oxidation sites excluding steroid dienone is 1. The van der Waals surface area contributed by atoms with Crippen molar-refractivity contribution in [1.29, 1.82) is 5.26 Å². The van der Waals surface area contributed by atoms with Crippen molar-refractivity contribution in [3.8, 4) is 6.07 Å². The maximum absolute atomic E-state index is 12.7. The van der Waals surface area contributed by atoms with Gasteiger partial charge in [0.05, 0.1) is 22.9 Å². The average molecular weight is 274 g/mol. The summed E-state index contributed by atoms with van der Waals surface area (Å²) in [5.41, 5.74) is -1.51. The number of benzene rings is 1. The largest absolute Gasteiger partial charge is 0.516 e. The van der Waals surface area contributed by atoms with Gasteiger partial charge in [0, 0.05) is 6.42 Å². The number of hydrogen-bond acceptors (Lipinski definition) is 2. The molecule has 1 atom stereocenters. The Balaban J connectivity index is 2.54. The molecule has 0 bridgehead atoms. The average Bonchev–Trinajstić information content (AvgIpc) is 3.03. The molecule has 1 aliphatic rings. The van der Waals surface area contributed by atoms with Crippen molar-refractivity contribution in [2.75, 3.05) is 0 Å². The molecule has 0 spiro atoms. The third-order valence-electron chi connectivity index (χ3n) is 2.99. The van der Waals surface area contributed by atoms with Crippen LogP contribution in [0.3, 0.4) is 0 Å². The highest BCUT2D eigenvalue weighted by Gasteiger charge is 2.52. The molecule has 2 nitrogen and oxygen atoms in total. The summed E-state index contributed by atoms with van der Waals surface area (Å²) in [5.74, 6) is 0. The van der Waals surface area contributed by atoms with Gasteiger partial charge in [0.15, 0.2) is 0 Å². The molecule has 6 heteroatoms. The quantitative estimate of drug-likeness (QED) is 0.787. The van der Waals surface area contributed by atoms with Crippen LogP contribution in [0.5, 0.6) is 0 Å². The van der Waals surface area contributed by atoms with E-state index < -0.39 is 22.2 Å². The summed E-state index contributed by atoms with van der Waals surface area (Å²) in [5, 5.41) is 17.5. The molecule has 0 aliphatic heterocycles. The van der Waals surface area contributed by atoms with Crippen molar-refractivity contribution in [1.82, 2.24) is 0 Å². The van der Waals surface area contributed by atoms with Crippen LogP contribution < -0.4 is 0 Å². The number of hydrogen-bond donors (Lipinski definition) is 1. The Morgan fingerprint density at radius 1 is 1.44 bits per heavy atom. The molecule has 1 aliphatic carbocycles. The standard InChI is InChI=1S/C12H7ClF3NO/c13-10-2-1-7(3-9(10)12(14,15)16)11(6-17)4-8(11)5-18/h1-3,5,18H,4H2/b8-5+. The minimum Gasteiger partial charge on any atom is -0.516 e. The van der Waals surface area contributed by atoms with Crippen molar-refractivity contribution >= 4 is 11.6 Å². The number of nitriles is 1. The van der Waals surface area contributed by atoms with Gasteiger partial charge < -0.3 is 5.11 Å². The van der Waals surface area contributed by atoms with Crippen LogP contribution in [-0.2, 0) is 11.6 Å². The second kappa shape index (κ2) is 3.92. The van der Waals surface area contributed by atoms with Crippen LogP contribution in [-0.4, -0.2) is 5.11 Å². The lowest BCUT2D eigenvalue weighted by Crippen LogP contribution is -2.10. The third kappa shape index (κ3) is 1.83. The van der Waals surface area contributed by atoms with E-state index in [0.29, 0.717) is 5.57 Å². The zero-order chi connectivity index (χ0) is 13.6. The normalized spacial score (nSPS) is 24.9. The van der Waals surface area contributed by atoms with Gasteiger partial charge in [0.25, 0.3) is 0 Å². The van der Waals surface area contributed by atoms with Crippen LogP contribution in [0.25, 0.3) is 0 Å². The lowest BCUT2D eigenvalue weighted by molar-refractivity contribution is -0.137. The molecule has 1 aromatic rings. The Bertz CT molecular complexity index is 574. The molecule has 1 unspecified atom stereocenters. The number of aliphatic hydroxyl groups excluding tert-OH is 1. The molecule has 0 amide bonds. The molecule has 0 heterocycles. The van der Waals surface area contributed by atoms with Gasteiger partial charge in [0.2, 0.25) is 0 Å². The van der Waals surface area contributed by atoms with Crippen molar-refractivity contribution < 1.29 is 18.3 Å². The summed E-state index contributed by atoms with van der Waals surface area (Å²) in [7, 11) is 0. The van der Waals surface area contributed by atoms with Gasteiger partial charge in [-0.2, -0.15) is 18.4 Å². The molecule has 0 radical (unpaired) electrons. The van der Waals surface area contributed by atoms with E-state index in [0.717, 1.165) is 18.4 Å². The molecule has 0 aromatic heterocycles. The van der Waals surface area contributed by atoms with Crippen LogP contribution in [0.15, 0.2) is 30.0 Å². The highest BCUT2D eigenvalue weighted by molar-refractivity contribution is 6.31. The molecule has 1 N–H and O–H groups in total. The first-order chi connectivity index (χ1) is 8.35. The Morgan fingerprint density at radius 2 is 2.11 bits per heavy atom. The minimum absolute atomic E-state index is 0.196. The second-order valence-electron chi connectivity index (χ2n) is 4.04. The third-order valence-corrected chi connectivity index (χ3v) is 3.32. The predicted molar refractivity (Wildman–Crippen MR) is 59.1 cm³/mol. The molecule has 1 aromatic carbocycles. The SMILES string of the molecule is N#CC1(c2ccc(Cl)c(C(F)(F)F)c2)C/C1=C\O. The summed E-state index contributed by atoms with van der Waals surface area (Å²) in [6, 6.07) is 5.28. The predicted octanol–water partition coefficient (Wildman–Crippen LogP) is 3.97. The first-order valence-electron chi connectivity index (χ1n) is 4.97. The molecule has 0 saturated heterocycles. The molecule has 1 saturated carbocycles. The van der Waals surface area contributed by atoms with Crippen molar-refractivity contribution in [3.05, 3.63) is 46.2 Å². The van der Waals surface area contributed by atoms with Crippen LogP contribution in [0.1, 0.15) is 17.5 Å². The fourth-order valence-electron chi connectivity index (χ4n) is 1.87. The lowest BCUT2D eigenvalue weighted by Gasteiger charge is -2.12. The van der Waals surface area contributed by atoms with E-state index in [1.807, 2.05) is 6.07 Å². The van der Waals surface area contributed by atoms with E-state index in [2.05, 4.69) is 0 Å². The van der Waals surface area contributed by atoms with Crippen molar-refractivity contribution in [2.45, 2.75) is 18.0 Å². The monoisotopic (exact) mass is 273 g/mol. The molecule has 18 heavy (non-hydrogen) atoms. The van der Waals surface area contributed by atoms with Gasteiger partial charge in [-0.15, -0.1) is 0 Å². The molecule has 94 valence electrons. The maximum atomic E-state index is 12.7. The number of halogens is 4. The summed E-state index contributed by atoms with van der Waals surface area (Å²) in [6.07, 6.45) is -3.56. The van der Waals surface area contributed by atoms with Crippen molar-refractivity contribution in [3.63, 3.8) is 0 Å². The smallest absolute Gasteiger partial charge is 0.417 e. The molecule has 2 rings (SSSR count). The van der Waals surface area contributed by atoms with Gasteiger partial charge in [-0.3, -0.25) is 0 Å². The number of alkyl halides is 3. The summed E-state index contributed by atoms with van der Waals surface area (Å²) >= 11 is 5.50. The van der Waals surface area contributed by atoms with Crippen LogP contribution in [0.4, 0.5) is 13.2 Å². The number of aliphatic hydroxyl groups is 1. The zero-order valence-corrected chi connectivity index (χ0v) is 9.68. The van der Waals surface area contributed by atoms with E-state index in [9.17, 15) is 13.2 Å². The maximum Gasteiger partial charge on any atom is 0.417 e. The van der Waals surface area contributed by atoms with E-state index in [1.54, 1.807) is 0 Å². The van der Waals surface area contributed by atoms with Crippen LogP contribution in [0, 0.1) is 11.3 Å². The summed E-state index contributed by atoms with van der Waals surface area (Å²) < 4.78 is 38.1. The van der Waals surface area contributed by atoms with Gasteiger partial charge in [-0.05, 0) is 23.3 Å². The van der Waals surface area contributed by atoms with Crippen LogP contribution in [0.2, 0.25) is 5.02 Å². The molecular weight excluding hydrogens is 267 g/mol. The van der Waals surface area contributed by atoms with E-state index in [-0.39, 0.29) is 12.0 Å². The first-order valence-corrected chi connectivity index (χ1v) is 5.35. The first kappa shape index (κ1) is 12.8. The molecule has 1 fully saturated rings. The fourth-order valence-corrected chi connectivity index (χ4v) is 2.09. The fraction of sp³-hybridized carbons (Fsp3) is 0.250. The topological polar surface area (TPSA) is 44.0 Å². The van der Waals surface area contributed by atoms with Crippen molar-refractivity contribution in [2.24, 2.45) is 0 Å².